The number of carboxylic acids is 1. The highest BCUT2D eigenvalue weighted by molar-refractivity contribution is 5.89. The van der Waals surface area contributed by atoms with Gasteiger partial charge in [-0.2, -0.15) is 0 Å². The van der Waals surface area contributed by atoms with E-state index >= 15 is 0 Å². The molecular weight excluding hydrogens is 276 g/mol. The lowest BCUT2D eigenvalue weighted by Gasteiger charge is -1.99. The lowest BCUT2D eigenvalue weighted by Crippen LogP contribution is -1.94. The Morgan fingerprint density at radius 2 is 1.45 bits per heavy atom. The molecule has 0 radical (unpaired) electrons. The van der Waals surface area contributed by atoms with Crippen LogP contribution in [0.5, 0.6) is 0 Å². The summed E-state index contributed by atoms with van der Waals surface area (Å²) in [6.07, 6.45) is 19.2. The number of carbonyl (C=O) groups is 2. The van der Waals surface area contributed by atoms with Gasteiger partial charge in [0.25, 0.3) is 0 Å². The van der Waals surface area contributed by atoms with Gasteiger partial charge in [-0.1, -0.05) is 63.7 Å². The number of allylic oxidation sites excluding steroid dienone is 4. The van der Waals surface area contributed by atoms with Crippen molar-refractivity contribution in [2.24, 2.45) is 0 Å². The molecule has 0 aliphatic heterocycles. The molecule has 22 heavy (non-hydrogen) atoms. The van der Waals surface area contributed by atoms with Gasteiger partial charge >= 0.3 is 5.97 Å². The van der Waals surface area contributed by atoms with Gasteiger partial charge in [0, 0.05) is 12.8 Å². The maximum Gasteiger partial charge on any atom is 0.303 e. The molecule has 3 heteroatoms. The van der Waals surface area contributed by atoms with Gasteiger partial charge in [-0.15, -0.1) is 0 Å². The molecule has 0 saturated carbocycles. The second-order valence-electron chi connectivity index (χ2n) is 5.76. The molecular formula is C19H32O3. The highest BCUT2D eigenvalue weighted by atomic mass is 16.4. The number of ketones is 1. The molecule has 0 amide bonds. The van der Waals surface area contributed by atoms with Gasteiger partial charge in [0.2, 0.25) is 0 Å². The Labute approximate surface area is 135 Å². The van der Waals surface area contributed by atoms with E-state index in [1.807, 2.05) is 12.2 Å². The first-order chi connectivity index (χ1) is 10.7. The Morgan fingerprint density at radius 1 is 0.818 bits per heavy atom. The van der Waals surface area contributed by atoms with E-state index in [9.17, 15) is 9.59 Å². The molecule has 126 valence electrons. The van der Waals surface area contributed by atoms with Crippen LogP contribution in [-0.2, 0) is 9.59 Å². The molecule has 0 atom stereocenters. The van der Waals surface area contributed by atoms with Gasteiger partial charge in [0.05, 0.1) is 0 Å². The quantitative estimate of drug-likeness (QED) is 0.248. The average Bonchev–Trinajstić information content (AvgIpc) is 2.48. The first kappa shape index (κ1) is 20.6. The third-order valence-electron chi connectivity index (χ3n) is 3.57. The molecule has 3 nitrogen and oxygen atoms in total. The van der Waals surface area contributed by atoms with Crippen molar-refractivity contribution >= 4 is 11.8 Å². The van der Waals surface area contributed by atoms with Crippen LogP contribution >= 0.6 is 0 Å². The predicted octanol–water partition coefficient (Wildman–Crippen LogP) is 5.45. The molecule has 1 N–H and O–H groups in total. The van der Waals surface area contributed by atoms with Gasteiger partial charge in [0.15, 0.2) is 5.78 Å². The van der Waals surface area contributed by atoms with Crippen molar-refractivity contribution in [3.05, 3.63) is 24.3 Å². The number of rotatable bonds is 15. The van der Waals surface area contributed by atoms with E-state index in [0.717, 1.165) is 44.9 Å². The van der Waals surface area contributed by atoms with Crippen LogP contribution in [0.15, 0.2) is 24.3 Å². The maximum atomic E-state index is 11.6. The molecule has 0 saturated heterocycles. The van der Waals surface area contributed by atoms with Gasteiger partial charge in [-0.3, -0.25) is 9.59 Å². The first-order valence-corrected chi connectivity index (χ1v) is 8.74. The lowest BCUT2D eigenvalue weighted by molar-refractivity contribution is -0.137. The van der Waals surface area contributed by atoms with Crippen molar-refractivity contribution in [2.45, 2.75) is 84.0 Å². The SMILES string of the molecule is CCCCC/C=C/C=C/C(=O)CCCCCCCCC(=O)O. The smallest absolute Gasteiger partial charge is 0.303 e. The molecule has 0 aliphatic carbocycles. The second kappa shape index (κ2) is 16.0. The van der Waals surface area contributed by atoms with Gasteiger partial charge < -0.3 is 5.11 Å². The van der Waals surface area contributed by atoms with Crippen molar-refractivity contribution in [2.75, 3.05) is 0 Å². The van der Waals surface area contributed by atoms with Crippen molar-refractivity contribution in [3.63, 3.8) is 0 Å². The van der Waals surface area contributed by atoms with E-state index < -0.39 is 5.97 Å². The third-order valence-corrected chi connectivity index (χ3v) is 3.57. The van der Waals surface area contributed by atoms with Crippen LogP contribution in [0.3, 0.4) is 0 Å². The number of carbonyl (C=O) groups excluding carboxylic acids is 1. The van der Waals surface area contributed by atoms with Crippen LogP contribution in [0.2, 0.25) is 0 Å². The van der Waals surface area contributed by atoms with E-state index in [4.69, 9.17) is 5.11 Å². The molecule has 0 aliphatic rings. The van der Waals surface area contributed by atoms with Gasteiger partial charge in [-0.25, -0.2) is 0 Å². The minimum atomic E-state index is -0.711. The van der Waals surface area contributed by atoms with E-state index in [-0.39, 0.29) is 12.2 Å². The van der Waals surface area contributed by atoms with Crippen molar-refractivity contribution in [1.82, 2.24) is 0 Å². The summed E-state index contributed by atoms with van der Waals surface area (Å²) >= 11 is 0. The molecule has 0 aromatic carbocycles. The highest BCUT2D eigenvalue weighted by Crippen LogP contribution is 2.09. The fraction of sp³-hybridized carbons (Fsp3) is 0.684. The third kappa shape index (κ3) is 16.7. The summed E-state index contributed by atoms with van der Waals surface area (Å²) in [6, 6.07) is 0. The van der Waals surface area contributed by atoms with E-state index in [1.165, 1.54) is 19.3 Å². The Kier molecular flexibility index (Phi) is 15.0. The van der Waals surface area contributed by atoms with Crippen LogP contribution in [0.25, 0.3) is 0 Å². The second-order valence-corrected chi connectivity index (χ2v) is 5.76. The monoisotopic (exact) mass is 308 g/mol. The predicted molar refractivity (Wildman–Crippen MR) is 92.0 cm³/mol. The van der Waals surface area contributed by atoms with E-state index in [2.05, 4.69) is 13.0 Å². The number of aliphatic carboxylic acids is 1. The summed E-state index contributed by atoms with van der Waals surface area (Å²) in [7, 11) is 0. The topological polar surface area (TPSA) is 54.4 Å². The molecule has 0 spiro atoms. The molecule has 0 bridgehead atoms. The van der Waals surface area contributed by atoms with Gasteiger partial charge in [0.1, 0.15) is 0 Å². The first-order valence-electron chi connectivity index (χ1n) is 8.74. The minimum absolute atomic E-state index is 0.198. The average molecular weight is 308 g/mol. The van der Waals surface area contributed by atoms with Crippen LogP contribution in [-0.4, -0.2) is 16.9 Å². The number of unbranched alkanes of at least 4 members (excludes halogenated alkanes) is 8. The number of hydrogen-bond acceptors (Lipinski definition) is 2. The zero-order chi connectivity index (χ0) is 16.5. The Hall–Kier alpha value is -1.38. The van der Waals surface area contributed by atoms with Crippen molar-refractivity contribution < 1.29 is 14.7 Å². The van der Waals surface area contributed by atoms with Crippen LogP contribution < -0.4 is 0 Å². The molecule has 0 fully saturated rings. The minimum Gasteiger partial charge on any atom is -0.481 e. The number of carboxylic acid groups (broad SMARTS) is 1. The summed E-state index contributed by atoms with van der Waals surface area (Å²) in [5, 5.41) is 8.51. The van der Waals surface area contributed by atoms with Crippen LogP contribution in [0, 0.1) is 0 Å². The molecule has 0 aromatic heterocycles. The summed E-state index contributed by atoms with van der Waals surface area (Å²) in [5.74, 6) is -0.513. The summed E-state index contributed by atoms with van der Waals surface area (Å²) in [6.45, 7) is 2.19. The normalized spacial score (nSPS) is 11.5. The van der Waals surface area contributed by atoms with Crippen molar-refractivity contribution in [3.8, 4) is 0 Å². The van der Waals surface area contributed by atoms with Gasteiger partial charge in [-0.05, 0) is 31.8 Å². The summed E-state index contributed by atoms with van der Waals surface area (Å²) in [4.78, 5) is 21.9. The Bertz CT molecular complexity index is 343. The van der Waals surface area contributed by atoms with Crippen molar-refractivity contribution in [1.29, 1.82) is 0 Å². The lowest BCUT2D eigenvalue weighted by atomic mass is 10.1. The molecule has 0 rings (SSSR count). The fourth-order valence-corrected chi connectivity index (χ4v) is 2.22. The summed E-state index contributed by atoms with van der Waals surface area (Å²) < 4.78 is 0. The highest BCUT2D eigenvalue weighted by Gasteiger charge is 1.98. The summed E-state index contributed by atoms with van der Waals surface area (Å²) in [5.41, 5.74) is 0. The van der Waals surface area contributed by atoms with Crippen LogP contribution in [0.4, 0.5) is 0 Å². The molecule has 0 unspecified atom stereocenters. The fourth-order valence-electron chi connectivity index (χ4n) is 2.22. The Balaban J connectivity index is 3.40. The molecule has 0 aromatic rings. The maximum absolute atomic E-state index is 11.6. The standard InChI is InChI=1S/C19H32O3/c1-2-3-4-5-6-9-12-15-18(20)16-13-10-7-8-11-14-17-19(21)22/h6,9,12,15H,2-5,7-8,10-11,13-14,16-17H2,1H3,(H,21,22)/b9-6+,15-12+. The Morgan fingerprint density at radius 3 is 2.09 bits per heavy atom. The molecule has 0 heterocycles. The zero-order valence-electron chi connectivity index (χ0n) is 14.1. The zero-order valence-corrected chi connectivity index (χ0v) is 14.1. The number of hydrogen-bond donors (Lipinski definition) is 1. The van der Waals surface area contributed by atoms with Crippen LogP contribution in [0.1, 0.15) is 84.0 Å². The van der Waals surface area contributed by atoms with E-state index in [1.54, 1.807) is 6.08 Å². The largest absolute Gasteiger partial charge is 0.481 e. The van der Waals surface area contributed by atoms with E-state index in [0.29, 0.717) is 6.42 Å².